The lowest BCUT2D eigenvalue weighted by molar-refractivity contribution is -0.119. The maximum Gasteiger partial charge on any atom is 0.219 e. The van der Waals surface area contributed by atoms with Gasteiger partial charge in [0.2, 0.25) is 5.91 Å². The van der Waals surface area contributed by atoms with Crippen LogP contribution in [0, 0.1) is 5.41 Å². The van der Waals surface area contributed by atoms with E-state index in [1.807, 2.05) is 0 Å². The van der Waals surface area contributed by atoms with Crippen molar-refractivity contribution < 1.29 is 4.79 Å². The minimum atomic E-state index is -0.235. The molecule has 1 amide bonds. The second kappa shape index (κ2) is 5.36. The van der Waals surface area contributed by atoms with E-state index in [1.165, 1.54) is 38.5 Å². The molecule has 0 aromatic heterocycles. The van der Waals surface area contributed by atoms with Crippen molar-refractivity contribution in [3.05, 3.63) is 0 Å². The highest BCUT2D eigenvalue weighted by atomic mass is 16.1. The normalized spacial score (nSPS) is 26.2. The molecule has 1 aliphatic carbocycles. The van der Waals surface area contributed by atoms with Gasteiger partial charge in [-0.25, -0.2) is 0 Å². The van der Waals surface area contributed by atoms with Crippen LogP contribution in [0.3, 0.4) is 0 Å². The SMILES string of the molecule is NCC(CC(N)=O)N1CCC2(CCCC2)CC1. The van der Waals surface area contributed by atoms with Crippen LogP contribution >= 0.6 is 0 Å². The summed E-state index contributed by atoms with van der Waals surface area (Å²) in [5.74, 6) is -0.235. The number of hydrogen-bond donors (Lipinski definition) is 2. The number of piperidine rings is 1. The van der Waals surface area contributed by atoms with E-state index in [0.29, 0.717) is 18.4 Å². The fourth-order valence-electron chi connectivity index (χ4n) is 3.58. The van der Waals surface area contributed by atoms with Crippen LogP contribution in [-0.2, 0) is 4.79 Å². The van der Waals surface area contributed by atoms with E-state index < -0.39 is 0 Å². The Morgan fingerprint density at radius 3 is 2.24 bits per heavy atom. The molecule has 1 aliphatic heterocycles. The predicted molar refractivity (Wildman–Crippen MR) is 68.4 cm³/mol. The zero-order chi connectivity index (χ0) is 12.3. The summed E-state index contributed by atoms with van der Waals surface area (Å²) in [6.45, 7) is 2.72. The molecule has 2 rings (SSSR count). The van der Waals surface area contributed by atoms with Crippen LogP contribution < -0.4 is 11.5 Å². The van der Waals surface area contributed by atoms with Crippen LogP contribution in [0.2, 0.25) is 0 Å². The summed E-state index contributed by atoms with van der Waals surface area (Å²) in [6.07, 6.45) is 8.59. The first-order valence-corrected chi connectivity index (χ1v) is 6.88. The molecule has 2 fully saturated rings. The molecule has 1 atom stereocenters. The van der Waals surface area contributed by atoms with Crippen LogP contribution in [0.15, 0.2) is 0 Å². The van der Waals surface area contributed by atoms with Crippen LogP contribution in [0.1, 0.15) is 44.9 Å². The van der Waals surface area contributed by atoms with Crippen molar-refractivity contribution in [3.63, 3.8) is 0 Å². The third-order valence-corrected chi connectivity index (χ3v) is 4.75. The molecule has 17 heavy (non-hydrogen) atoms. The Bertz CT molecular complexity index is 264. The number of nitrogens with two attached hydrogens (primary N) is 2. The average molecular weight is 239 g/mol. The number of likely N-dealkylation sites (tertiary alicyclic amines) is 1. The van der Waals surface area contributed by atoms with Crippen molar-refractivity contribution in [3.8, 4) is 0 Å². The molecule has 1 saturated heterocycles. The molecule has 0 radical (unpaired) electrons. The molecule has 0 aromatic rings. The van der Waals surface area contributed by atoms with Gasteiger partial charge in [0.25, 0.3) is 0 Å². The Hall–Kier alpha value is -0.610. The van der Waals surface area contributed by atoms with Crippen molar-refractivity contribution in [2.45, 2.75) is 51.0 Å². The van der Waals surface area contributed by atoms with Crippen molar-refractivity contribution >= 4 is 5.91 Å². The highest BCUT2D eigenvalue weighted by molar-refractivity contribution is 5.74. The molecule has 1 saturated carbocycles. The van der Waals surface area contributed by atoms with Gasteiger partial charge in [-0.05, 0) is 44.2 Å². The van der Waals surface area contributed by atoms with Gasteiger partial charge in [0.05, 0.1) is 0 Å². The second-order valence-corrected chi connectivity index (χ2v) is 5.80. The van der Waals surface area contributed by atoms with E-state index in [9.17, 15) is 4.79 Å². The molecular weight excluding hydrogens is 214 g/mol. The quantitative estimate of drug-likeness (QED) is 0.764. The highest BCUT2D eigenvalue weighted by Crippen LogP contribution is 2.46. The number of primary amides is 1. The zero-order valence-electron chi connectivity index (χ0n) is 10.7. The average Bonchev–Trinajstić information content (AvgIpc) is 2.76. The van der Waals surface area contributed by atoms with Crippen molar-refractivity contribution in [1.82, 2.24) is 4.90 Å². The van der Waals surface area contributed by atoms with E-state index in [4.69, 9.17) is 11.5 Å². The first kappa shape index (κ1) is 12.8. The third-order valence-electron chi connectivity index (χ3n) is 4.75. The Kier molecular flexibility index (Phi) is 4.05. The maximum atomic E-state index is 11.0. The molecule has 1 spiro atoms. The minimum Gasteiger partial charge on any atom is -0.370 e. The van der Waals surface area contributed by atoms with Gasteiger partial charge in [-0.2, -0.15) is 0 Å². The predicted octanol–water partition coefficient (Wildman–Crippen LogP) is 0.845. The van der Waals surface area contributed by atoms with Crippen LogP contribution in [0.4, 0.5) is 0 Å². The Labute approximate surface area is 104 Å². The topological polar surface area (TPSA) is 72.3 Å². The molecule has 4 N–H and O–H groups in total. The van der Waals surface area contributed by atoms with Gasteiger partial charge in [-0.3, -0.25) is 9.69 Å². The van der Waals surface area contributed by atoms with Gasteiger partial charge in [0.1, 0.15) is 0 Å². The fourth-order valence-corrected chi connectivity index (χ4v) is 3.58. The van der Waals surface area contributed by atoms with Crippen LogP contribution in [0.25, 0.3) is 0 Å². The number of rotatable bonds is 4. The highest BCUT2D eigenvalue weighted by Gasteiger charge is 2.38. The Morgan fingerprint density at radius 1 is 1.18 bits per heavy atom. The summed E-state index contributed by atoms with van der Waals surface area (Å²) in [7, 11) is 0. The van der Waals surface area contributed by atoms with E-state index in [2.05, 4.69) is 4.90 Å². The van der Waals surface area contributed by atoms with E-state index in [-0.39, 0.29) is 11.9 Å². The lowest BCUT2D eigenvalue weighted by atomic mass is 9.76. The monoisotopic (exact) mass is 239 g/mol. The third kappa shape index (κ3) is 2.99. The summed E-state index contributed by atoms with van der Waals surface area (Å²) in [4.78, 5) is 13.4. The van der Waals surface area contributed by atoms with Crippen molar-refractivity contribution in [2.75, 3.05) is 19.6 Å². The molecule has 1 unspecified atom stereocenters. The van der Waals surface area contributed by atoms with Gasteiger partial charge >= 0.3 is 0 Å². The Balaban J connectivity index is 1.86. The molecule has 1 heterocycles. The molecule has 98 valence electrons. The lowest BCUT2D eigenvalue weighted by Crippen LogP contribution is -2.48. The maximum absolute atomic E-state index is 11.0. The summed E-state index contributed by atoms with van der Waals surface area (Å²) >= 11 is 0. The molecule has 0 bridgehead atoms. The van der Waals surface area contributed by atoms with E-state index in [1.54, 1.807) is 0 Å². The fraction of sp³-hybridized carbons (Fsp3) is 0.923. The number of carbonyl (C=O) groups excluding carboxylic acids is 1. The molecule has 0 aromatic carbocycles. The van der Waals surface area contributed by atoms with Gasteiger partial charge in [-0.15, -0.1) is 0 Å². The largest absolute Gasteiger partial charge is 0.370 e. The first-order chi connectivity index (χ1) is 8.15. The molecule has 2 aliphatic rings. The standard InChI is InChI=1S/C13H25N3O/c14-10-11(9-12(15)17)16-7-5-13(6-8-16)3-1-2-4-13/h11H,1-10,14H2,(H2,15,17). The van der Waals surface area contributed by atoms with Gasteiger partial charge in [0.15, 0.2) is 0 Å². The second-order valence-electron chi connectivity index (χ2n) is 5.80. The first-order valence-electron chi connectivity index (χ1n) is 6.88. The minimum absolute atomic E-state index is 0.159. The van der Waals surface area contributed by atoms with Crippen LogP contribution in [0.5, 0.6) is 0 Å². The van der Waals surface area contributed by atoms with Gasteiger partial charge in [0, 0.05) is 19.0 Å². The van der Waals surface area contributed by atoms with E-state index in [0.717, 1.165) is 13.1 Å². The zero-order valence-corrected chi connectivity index (χ0v) is 10.7. The van der Waals surface area contributed by atoms with Crippen molar-refractivity contribution in [2.24, 2.45) is 16.9 Å². The van der Waals surface area contributed by atoms with Gasteiger partial charge < -0.3 is 11.5 Å². The number of amides is 1. The molecule has 4 heteroatoms. The van der Waals surface area contributed by atoms with Crippen molar-refractivity contribution in [1.29, 1.82) is 0 Å². The molecular formula is C13H25N3O. The Morgan fingerprint density at radius 2 is 1.76 bits per heavy atom. The van der Waals surface area contributed by atoms with Crippen LogP contribution in [-0.4, -0.2) is 36.5 Å². The lowest BCUT2D eigenvalue weighted by Gasteiger charge is -2.42. The smallest absolute Gasteiger partial charge is 0.219 e. The summed E-state index contributed by atoms with van der Waals surface area (Å²) < 4.78 is 0. The number of carbonyl (C=O) groups is 1. The summed E-state index contributed by atoms with van der Waals surface area (Å²) in [5, 5.41) is 0. The molecule has 4 nitrogen and oxygen atoms in total. The summed E-state index contributed by atoms with van der Waals surface area (Å²) in [6, 6.07) is 0.159. The number of hydrogen-bond acceptors (Lipinski definition) is 3. The summed E-state index contributed by atoms with van der Waals surface area (Å²) in [5.41, 5.74) is 11.6. The number of nitrogens with zero attached hydrogens (tertiary/aromatic N) is 1. The van der Waals surface area contributed by atoms with E-state index >= 15 is 0 Å². The van der Waals surface area contributed by atoms with Gasteiger partial charge in [-0.1, -0.05) is 12.8 Å².